The number of hydrogen-bond donors (Lipinski definition) is 2. The fourth-order valence-electron chi connectivity index (χ4n) is 1.44. The Bertz CT molecular complexity index is 586. The number of nitrogens with zero attached hydrogens (tertiary/aromatic N) is 3. The first-order chi connectivity index (χ1) is 7.88. The molecule has 0 radical (unpaired) electrons. The molecule has 0 spiro atoms. The van der Waals surface area contributed by atoms with Crippen molar-refractivity contribution in [2.45, 2.75) is 26.2 Å². The van der Waals surface area contributed by atoms with Gasteiger partial charge < -0.3 is 5.11 Å². The minimum absolute atomic E-state index is 0.0194. The molecule has 6 heteroatoms. The lowest BCUT2D eigenvalue weighted by Crippen LogP contribution is -2.12. The van der Waals surface area contributed by atoms with Crippen LogP contribution in [0.15, 0.2) is 12.1 Å². The molecular formula is C11H14N4O2. The number of fused-ring (bicyclic) bond motifs is 1. The van der Waals surface area contributed by atoms with Crippen molar-refractivity contribution in [1.29, 1.82) is 0 Å². The molecule has 0 aliphatic rings. The van der Waals surface area contributed by atoms with E-state index < -0.39 is 5.97 Å². The van der Waals surface area contributed by atoms with Crippen molar-refractivity contribution < 1.29 is 9.90 Å². The van der Waals surface area contributed by atoms with E-state index in [0.29, 0.717) is 11.5 Å². The van der Waals surface area contributed by atoms with E-state index in [1.54, 1.807) is 4.52 Å². The summed E-state index contributed by atoms with van der Waals surface area (Å²) in [5.74, 6) is -0.540. The SMILES string of the molecule is CC(C)(C)c1cc2nnc(/C=C/C(=O)O)n2[nH]1. The molecule has 0 saturated carbocycles. The van der Waals surface area contributed by atoms with Gasteiger partial charge >= 0.3 is 5.97 Å². The summed E-state index contributed by atoms with van der Waals surface area (Å²) in [7, 11) is 0. The fraction of sp³-hybridized carbons (Fsp3) is 0.364. The maximum absolute atomic E-state index is 10.4. The predicted molar refractivity (Wildman–Crippen MR) is 62.7 cm³/mol. The second-order valence-electron chi connectivity index (χ2n) is 4.84. The minimum atomic E-state index is -1.01. The molecule has 17 heavy (non-hydrogen) atoms. The molecule has 2 rings (SSSR count). The van der Waals surface area contributed by atoms with Crippen LogP contribution in [0.4, 0.5) is 0 Å². The summed E-state index contributed by atoms with van der Waals surface area (Å²) in [6, 6.07) is 1.91. The monoisotopic (exact) mass is 234 g/mol. The molecule has 2 aromatic heterocycles. The number of nitrogens with one attached hydrogen (secondary N) is 1. The summed E-state index contributed by atoms with van der Waals surface area (Å²) in [4.78, 5) is 10.4. The lowest BCUT2D eigenvalue weighted by atomic mass is 9.93. The van der Waals surface area contributed by atoms with E-state index >= 15 is 0 Å². The number of hydrogen-bond acceptors (Lipinski definition) is 3. The van der Waals surface area contributed by atoms with Crippen LogP contribution >= 0.6 is 0 Å². The molecular weight excluding hydrogens is 220 g/mol. The predicted octanol–water partition coefficient (Wildman–Crippen LogP) is 1.45. The van der Waals surface area contributed by atoms with Crippen molar-refractivity contribution >= 4 is 17.7 Å². The Balaban J connectivity index is 2.46. The summed E-state index contributed by atoms with van der Waals surface area (Å²) in [5.41, 5.74) is 1.68. The molecule has 0 saturated heterocycles. The van der Waals surface area contributed by atoms with Gasteiger partial charge in [-0.1, -0.05) is 20.8 Å². The number of aliphatic carboxylic acids is 1. The molecule has 0 aliphatic carbocycles. The number of aromatic amines is 1. The first-order valence-electron chi connectivity index (χ1n) is 5.23. The number of rotatable bonds is 2. The second kappa shape index (κ2) is 3.73. The molecule has 90 valence electrons. The highest BCUT2D eigenvalue weighted by molar-refractivity contribution is 5.84. The van der Waals surface area contributed by atoms with Crippen LogP contribution in [0.25, 0.3) is 11.7 Å². The highest BCUT2D eigenvalue weighted by Crippen LogP contribution is 2.21. The smallest absolute Gasteiger partial charge is 0.328 e. The van der Waals surface area contributed by atoms with Crippen LogP contribution in [-0.2, 0) is 10.2 Å². The standard InChI is InChI=1S/C11H14N4O2/c1-11(2,3)7-6-9-13-12-8(15(9)14-7)4-5-10(16)17/h4-6,14H,1-3H3,(H,16,17)/b5-4+. The van der Waals surface area contributed by atoms with E-state index in [4.69, 9.17) is 5.11 Å². The van der Waals surface area contributed by atoms with Crippen LogP contribution in [-0.4, -0.2) is 30.9 Å². The Hall–Kier alpha value is -2.11. The molecule has 0 amide bonds. The van der Waals surface area contributed by atoms with E-state index in [0.717, 1.165) is 11.8 Å². The van der Waals surface area contributed by atoms with E-state index in [1.165, 1.54) is 6.08 Å². The number of carbonyl (C=O) groups is 1. The molecule has 2 aromatic rings. The van der Waals surface area contributed by atoms with Gasteiger partial charge in [0, 0.05) is 23.3 Å². The van der Waals surface area contributed by atoms with Crippen LogP contribution < -0.4 is 0 Å². The number of carboxylic acid groups (broad SMARTS) is 1. The van der Waals surface area contributed by atoms with Gasteiger partial charge in [0.05, 0.1) is 0 Å². The maximum atomic E-state index is 10.4. The first kappa shape index (κ1) is 11.4. The Morgan fingerprint density at radius 1 is 1.47 bits per heavy atom. The van der Waals surface area contributed by atoms with E-state index in [1.807, 2.05) is 6.07 Å². The highest BCUT2D eigenvalue weighted by Gasteiger charge is 2.18. The summed E-state index contributed by atoms with van der Waals surface area (Å²) < 4.78 is 1.67. The van der Waals surface area contributed by atoms with Crippen molar-refractivity contribution in [3.05, 3.63) is 23.7 Å². The number of H-pyrrole nitrogens is 1. The molecule has 2 heterocycles. The zero-order chi connectivity index (χ0) is 12.6. The minimum Gasteiger partial charge on any atom is -0.478 e. The molecule has 0 aliphatic heterocycles. The Labute approximate surface area is 98.0 Å². The molecule has 2 N–H and O–H groups in total. The highest BCUT2D eigenvalue weighted by atomic mass is 16.4. The van der Waals surface area contributed by atoms with Crippen LogP contribution in [0.5, 0.6) is 0 Å². The van der Waals surface area contributed by atoms with Crippen LogP contribution in [0.1, 0.15) is 32.3 Å². The van der Waals surface area contributed by atoms with Crippen molar-refractivity contribution in [2.75, 3.05) is 0 Å². The maximum Gasteiger partial charge on any atom is 0.328 e. The lowest BCUT2D eigenvalue weighted by molar-refractivity contribution is -0.131. The van der Waals surface area contributed by atoms with Gasteiger partial charge in [-0.05, 0) is 6.08 Å². The summed E-state index contributed by atoms with van der Waals surface area (Å²) >= 11 is 0. The summed E-state index contributed by atoms with van der Waals surface area (Å²) in [6.07, 6.45) is 2.44. The van der Waals surface area contributed by atoms with Gasteiger partial charge in [-0.25, -0.2) is 9.31 Å². The zero-order valence-corrected chi connectivity index (χ0v) is 9.93. The molecule has 0 unspecified atom stereocenters. The largest absolute Gasteiger partial charge is 0.478 e. The van der Waals surface area contributed by atoms with E-state index in [-0.39, 0.29) is 5.41 Å². The van der Waals surface area contributed by atoms with E-state index in [2.05, 4.69) is 36.1 Å². The zero-order valence-electron chi connectivity index (χ0n) is 9.93. The van der Waals surface area contributed by atoms with Crippen LogP contribution in [0, 0.1) is 0 Å². The third kappa shape index (κ3) is 2.20. The van der Waals surface area contributed by atoms with Gasteiger partial charge in [-0.3, -0.25) is 5.10 Å². The number of carboxylic acids is 1. The van der Waals surface area contributed by atoms with Crippen molar-refractivity contribution in [3.63, 3.8) is 0 Å². The van der Waals surface area contributed by atoms with Crippen LogP contribution in [0.3, 0.4) is 0 Å². The second-order valence-corrected chi connectivity index (χ2v) is 4.84. The van der Waals surface area contributed by atoms with Gasteiger partial charge in [0.15, 0.2) is 11.5 Å². The quantitative estimate of drug-likeness (QED) is 0.770. The van der Waals surface area contributed by atoms with E-state index in [9.17, 15) is 4.79 Å². The Morgan fingerprint density at radius 2 is 2.18 bits per heavy atom. The molecule has 0 aromatic carbocycles. The summed E-state index contributed by atoms with van der Waals surface area (Å²) in [5, 5.41) is 19.6. The molecule has 0 bridgehead atoms. The van der Waals surface area contributed by atoms with Gasteiger partial charge in [0.25, 0.3) is 0 Å². The van der Waals surface area contributed by atoms with Gasteiger partial charge in [-0.2, -0.15) is 0 Å². The van der Waals surface area contributed by atoms with Gasteiger partial charge in [0.1, 0.15) is 0 Å². The summed E-state index contributed by atoms with van der Waals surface area (Å²) in [6.45, 7) is 6.25. The molecule has 0 atom stereocenters. The fourth-order valence-corrected chi connectivity index (χ4v) is 1.44. The van der Waals surface area contributed by atoms with Gasteiger partial charge in [-0.15, -0.1) is 10.2 Å². The lowest BCUT2D eigenvalue weighted by Gasteiger charge is -2.15. The third-order valence-electron chi connectivity index (χ3n) is 2.40. The average Bonchev–Trinajstić information content (AvgIpc) is 2.72. The van der Waals surface area contributed by atoms with Crippen LogP contribution in [0.2, 0.25) is 0 Å². The molecule has 6 nitrogen and oxygen atoms in total. The third-order valence-corrected chi connectivity index (χ3v) is 2.40. The van der Waals surface area contributed by atoms with Gasteiger partial charge in [0.2, 0.25) is 0 Å². The van der Waals surface area contributed by atoms with Crippen molar-refractivity contribution in [3.8, 4) is 0 Å². The molecule has 0 fully saturated rings. The van der Waals surface area contributed by atoms with Crippen molar-refractivity contribution in [2.24, 2.45) is 0 Å². The van der Waals surface area contributed by atoms with Crippen molar-refractivity contribution in [1.82, 2.24) is 19.8 Å². The number of aromatic nitrogens is 4. The first-order valence-corrected chi connectivity index (χ1v) is 5.23. The Morgan fingerprint density at radius 3 is 2.76 bits per heavy atom. The Kier molecular flexibility index (Phi) is 2.49. The topological polar surface area (TPSA) is 83.3 Å². The normalized spacial score (nSPS) is 12.6. The average molecular weight is 234 g/mol.